The molecule has 1 aromatic heterocycles. The highest BCUT2D eigenvalue weighted by molar-refractivity contribution is 6.00. The van der Waals surface area contributed by atoms with Crippen LogP contribution in [-0.4, -0.2) is 5.78 Å². The lowest BCUT2D eigenvalue weighted by atomic mass is 9.44. The van der Waals surface area contributed by atoms with E-state index in [0.717, 1.165) is 59.7 Å². The average molecular weight is 465 g/mol. The Labute approximate surface area is 208 Å². The Balaban J connectivity index is 1.33. The van der Waals surface area contributed by atoms with Crippen LogP contribution in [0.3, 0.4) is 0 Å². The second kappa shape index (κ2) is 9.29. The number of hydrogen-bond acceptors (Lipinski definition) is 2. The minimum absolute atomic E-state index is 0.275. The number of ketones is 1. The number of allylic oxidation sites excluding steroid dienone is 1. The summed E-state index contributed by atoms with van der Waals surface area (Å²) in [5.74, 6) is 6.94. The predicted molar refractivity (Wildman–Crippen MR) is 140 cm³/mol. The van der Waals surface area contributed by atoms with Crippen LogP contribution in [0.25, 0.3) is 6.08 Å². The second-order valence-corrected chi connectivity index (χ2v) is 13.7. The molecule has 0 N–H and O–H groups in total. The lowest BCUT2D eigenvalue weighted by molar-refractivity contribution is -0.133. The fourth-order valence-electron chi connectivity index (χ4n) is 9.71. The molecule has 0 bridgehead atoms. The van der Waals surface area contributed by atoms with Gasteiger partial charge in [-0.2, -0.15) is 0 Å². The lowest BCUT2D eigenvalue weighted by Crippen LogP contribution is -2.54. The highest BCUT2D eigenvalue weighted by atomic mass is 16.3. The standard InChI is InChI=1S/C32H48O2/c1-21(2)8-6-9-22(3)27-13-14-28-26-12-11-24-19-30(33)23(18-25-10-7-17-34-25)20-32(24,5)29(26)15-16-31(27,28)4/h7,10,17-18,21-22,24,26-29H,6,8-9,11-16,19-20H2,1-5H3/b23-18-/t22-,24+,26+,27-,28+,29+,31-,32+/m1/s1. The average Bonchev–Trinajstić information content (AvgIpc) is 3.41. The maximum atomic E-state index is 13.0. The molecule has 0 saturated heterocycles. The van der Waals surface area contributed by atoms with E-state index in [9.17, 15) is 4.79 Å². The molecule has 4 aliphatic carbocycles. The molecule has 2 nitrogen and oxygen atoms in total. The molecule has 0 unspecified atom stereocenters. The number of furan rings is 1. The van der Waals surface area contributed by atoms with E-state index in [4.69, 9.17) is 4.42 Å². The molecule has 0 radical (unpaired) electrons. The van der Waals surface area contributed by atoms with Gasteiger partial charge in [-0.15, -0.1) is 0 Å². The molecule has 0 amide bonds. The number of fused-ring (bicyclic) bond motifs is 5. The highest BCUT2D eigenvalue weighted by Gasteiger charge is 2.61. The molecular weight excluding hydrogens is 416 g/mol. The van der Waals surface area contributed by atoms with Crippen LogP contribution < -0.4 is 0 Å². The minimum Gasteiger partial charge on any atom is -0.465 e. The normalized spacial score (nSPS) is 41.9. The number of carbonyl (C=O) groups excluding carboxylic acids is 1. The third-order valence-electron chi connectivity index (χ3n) is 11.5. The maximum Gasteiger partial charge on any atom is 0.159 e. The van der Waals surface area contributed by atoms with Gasteiger partial charge in [-0.1, -0.05) is 53.9 Å². The first-order chi connectivity index (χ1) is 16.2. The fourth-order valence-corrected chi connectivity index (χ4v) is 9.71. The molecule has 1 heterocycles. The van der Waals surface area contributed by atoms with Crippen LogP contribution in [0.2, 0.25) is 0 Å². The summed E-state index contributed by atoms with van der Waals surface area (Å²) in [5.41, 5.74) is 1.84. The largest absolute Gasteiger partial charge is 0.465 e. The van der Waals surface area contributed by atoms with Gasteiger partial charge >= 0.3 is 0 Å². The summed E-state index contributed by atoms with van der Waals surface area (Å²) in [4.78, 5) is 13.0. The van der Waals surface area contributed by atoms with Gasteiger partial charge in [0, 0.05) is 6.42 Å². The summed E-state index contributed by atoms with van der Waals surface area (Å²) < 4.78 is 5.58. The first-order valence-electron chi connectivity index (χ1n) is 14.5. The second-order valence-electron chi connectivity index (χ2n) is 13.7. The molecule has 4 fully saturated rings. The molecule has 8 atom stereocenters. The third-order valence-corrected chi connectivity index (χ3v) is 11.5. The van der Waals surface area contributed by atoms with Crippen LogP contribution >= 0.6 is 0 Å². The molecule has 0 aromatic carbocycles. The van der Waals surface area contributed by atoms with Gasteiger partial charge in [0.05, 0.1) is 6.26 Å². The number of Topliss-reactive ketones (excluding diaryl/α,β-unsaturated/α-hetero) is 1. The molecule has 0 spiro atoms. The van der Waals surface area contributed by atoms with E-state index in [1.54, 1.807) is 6.26 Å². The molecule has 4 aliphatic rings. The lowest BCUT2D eigenvalue weighted by Gasteiger charge is -2.60. The van der Waals surface area contributed by atoms with Gasteiger partial charge in [-0.05, 0) is 121 Å². The third kappa shape index (κ3) is 4.16. The van der Waals surface area contributed by atoms with Crippen LogP contribution in [0.4, 0.5) is 0 Å². The fraction of sp³-hybridized carbons (Fsp3) is 0.781. The van der Waals surface area contributed by atoms with Crippen LogP contribution in [0.1, 0.15) is 111 Å². The first-order valence-corrected chi connectivity index (χ1v) is 14.5. The number of rotatable bonds is 6. The Bertz CT molecular complexity index is 894. The van der Waals surface area contributed by atoms with Crippen LogP contribution in [0, 0.1) is 52.3 Å². The van der Waals surface area contributed by atoms with E-state index in [0.29, 0.717) is 17.1 Å². The van der Waals surface area contributed by atoms with Crippen molar-refractivity contribution in [3.63, 3.8) is 0 Å². The Hall–Kier alpha value is -1.31. The summed E-state index contributed by atoms with van der Waals surface area (Å²) in [6.07, 6.45) is 18.0. The Morgan fingerprint density at radius 1 is 1.03 bits per heavy atom. The smallest absolute Gasteiger partial charge is 0.159 e. The van der Waals surface area contributed by atoms with Crippen LogP contribution in [0.15, 0.2) is 28.4 Å². The van der Waals surface area contributed by atoms with Gasteiger partial charge in [0.1, 0.15) is 5.76 Å². The molecule has 34 heavy (non-hydrogen) atoms. The van der Waals surface area contributed by atoms with E-state index < -0.39 is 0 Å². The molecule has 5 rings (SSSR count). The number of hydrogen-bond donors (Lipinski definition) is 0. The molecule has 2 heteroatoms. The van der Waals surface area contributed by atoms with E-state index >= 15 is 0 Å². The summed E-state index contributed by atoms with van der Waals surface area (Å²) in [5, 5.41) is 0. The summed E-state index contributed by atoms with van der Waals surface area (Å²) in [6.45, 7) is 12.5. The van der Waals surface area contributed by atoms with E-state index in [2.05, 4.69) is 34.6 Å². The molecule has 0 aliphatic heterocycles. The van der Waals surface area contributed by atoms with E-state index in [-0.39, 0.29) is 5.41 Å². The van der Waals surface area contributed by atoms with Gasteiger partial charge in [0.25, 0.3) is 0 Å². The zero-order chi connectivity index (χ0) is 24.1. The van der Waals surface area contributed by atoms with Crippen molar-refractivity contribution in [2.45, 2.75) is 105 Å². The maximum absolute atomic E-state index is 13.0. The zero-order valence-electron chi connectivity index (χ0n) is 22.4. The Morgan fingerprint density at radius 2 is 1.82 bits per heavy atom. The van der Waals surface area contributed by atoms with Gasteiger partial charge < -0.3 is 4.42 Å². The van der Waals surface area contributed by atoms with E-state index in [1.165, 1.54) is 57.8 Å². The molecule has 188 valence electrons. The SMILES string of the molecule is CC(C)CCC[C@@H](C)[C@H]1CC[C@H]2[C@@H]3CC[C@H]4CC(=O)/C(=C\c5ccco5)C[C@]4(C)[C@H]3CC[C@]12C. The highest BCUT2D eigenvalue weighted by Crippen LogP contribution is 2.68. The van der Waals surface area contributed by atoms with E-state index in [1.807, 2.05) is 18.2 Å². The quantitative estimate of drug-likeness (QED) is 0.393. The van der Waals surface area contributed by atoms with Gasteiger partial charge in [0.2, 0.25) is 0 Å². The minimum atomic E-state index is 0.275. The number of carbonyl (C=O) groups is 1. The van der Waals surface area contributed by atoms with Crippen molar-refractivity contribution in [2.24, 2.45) is 52.3 Å². The molecule has 1 aromatic rings. The van der Waals surface area contributed by atoms with Crippen molar-refractivity contribution < 1.29 is 9.21 Å². The Morgan fingerprint density at radius 3 is 2.56 bits per heavy atom. The summed E-state index contributed by atoms with van der Waals surface area (Å²) >= 11 is 0. The van der Waals surface area contributed by atoms with Crippen molar-refractivity contribution >= 4 is 11.9 Å². The summed E-state index contributed by atoms with van der Waals surface area (Å²) in [6, 6.07) is 3.90. The van der Waals surface area contributed by atoms with Crippen molar-refractivity contribution in [3.8, 4) is 0 Å². The predicted octanol–water partition coefficient (Wildman–Crippen LogP) is 8.96. The monoisotopic (exact) mass is 464 g/mol. The van der Waals surface area contributed by atoms with Crippen molar-refractivity contribution in [1.29, 1.82) is 0 Å². The van der Waals surface area contributed by atoms with Crippen molar-refractivity contribution in [3.05, 3.63) is 29.7 Å². The topological polar surface area (TPSA) is 30.2 Å². The van der Waals surface area contributed by atoms with Gasteiger partial charge in [0.15, 0.2) is 5.78 Å². The van der Waals surface area contributed by atoms with Crippen molar-refractivity contribution in [2.75, 3.05) is 0 Å². The van der Waals surface area contributed by atoms with Crippen molar-refractivity contribution in [1.82, 2.24) is 0 Å². The van der Waals surface area contributed by atoms with Gasteiger partial charge in [-0.25, -0.2) is 0 Å². The van der Waals surface area contributed by atoms with Crippen LogP contribution in [-0.2, 0) is 4.79 Å². The molecule has 4 saturated carbocycles. The summed E-state index contributed by atoms with van der Waals surface area (Å²) in [7, 11) is 0. The van der Waals surface area contributed by atoms with Crippen LogP contribution in [0.5, 0.6) is 0 Å². The zero-order valence-corrected chi connectivity index (χ0v) is 22.4. The van der Waals surface area contributed by atoms with Gasteiger partial charge in [-0.3, -0.25) is 4.79 Å². The Kier molecular flexibility index (Phi) is 6.66. The molecular formula is C32H48O2. The first kappa shape index (κ1) is 24.4.